The molecule has 2 N–H and O–H groups in total. The second-order valence-electron chi connectivity index (χ2n) is 8.15. The second-order valence-corrected chi connectivity index (χ2v) is 8.15. The number of alkyl halides is 1. The summed E-state index contributed by atoms with van der Waals surface area (Å²) in [6.07, 6.45) is 0.0405. The molecule has 2 aliphatic rings. The first kappa shape index (κ1) is 22.7. The van der Waals surface area contributed by atoms with Crippen molar-refractivity contribution in [3.63, 3.8) is 0 Å². The lowest BCUT2D eigenvalue weighted by Crippen LogP contribution is -2.47. The number of carboxylic acid groups (broad SMARTS) is 1. The summed E-state index contributed by atoms with van der Waals surface area (Å²) < 4.78 is 18.1. The molecule has 33 heavy (non-hydrogen) atoms. The van der Waals surface area contributed by atoms with E-state index in [4.69, 9.17) is 9.84 Å². The van der Waals surface area contributed by atoms with Crippen molar-refractivity contribution in [1.82, 2.24) is 19.8 Å². The lowest BCUT2D eigenvalue weighted by atomic mass is 10.1. The lowest BCUT2D eigenvalue weighted by molar-refractivity contribution is 0.103. The van der Waals surface area contributed by atoms with Crippen molar-refractivity contribution >= 4 is 24.0 Å². The van der Waals surface area contributed by atoms with E-state index in [1.165, 1.54) is 16.0 Å². The molecule has 3 heterocycles. The highest BCUT2D eigenvalue weighted by Gasteiger charge is 2.35. The number of anilines is 2. The fourth-order valence-corrected chi connectivity index (χ4v) is 3.95. The van der Waals surface area contributed by atoms with Crippen LogP contribution in [0.25, 0.3) is 0 Å². The molecule has 2 amide bonds. The highest BCUT2D eigenvalue weighted by molar-refractivity contribution is 5.89. The molecule has 4 rings (SSSR count). The summed E-state index contributed by atoms with van der Waals surface area (Å²) in [5, 5.41) is 12.3. The third-order valence-corrected chi connectivity index (χ3v) is 5.90. The van der Waals surface area contributed by atoms with Crippen LogP contribution in [0, 0.1) is 0 Å². The molecule has 2 saturated heterocycles. The van der Waals surface area contributed by atoms with Crippen molar-refractivity contribution in [1.29, 1.82) is 0 Å². The fourth-order valence-electron chi connectivity index (χ4n) is 3.95. The number of nitrogens with one attached hydrogen (secondary N) is 1. The van der Waals surface area contributed by atoms with Crippen LogP contribution in [0.2, 0.25) is 0 Å². The van der Waals surface area contributed by atoms with Crippen LogP contribution < -0.4 is 10.2 Å². The predicted molar refractivity (Wildman–Crippen MR) is 119 cm³/mol. The van der Waals surface area contributed by atoms with E-state index in [0.29, 0.717) is 37.9 Å². The van der Waals surface area contributed by atoms with Crippen molar-refractivity contribution in [2.75, 3.05) is 49.7 Å². The van der Waals surface area contributed by atoms with Crippen LogP contribution >= 0.6 is 0 Å². The average Bonchev–Trinajstić information content (AvgIpc) is 3.20. The Morgan fingerprint density at radius 3 is 2.64 bits per heavy atom. The van der Waals surface area contributed by atoms with E-state index in [1.54, 1.807) is 6.07 Å². The zero-order valence-corrected chi connectivity index (χ0v) is 18.4. The summed E-state index contributed by atoms with van der Waals surface area (Å²) in [6, 6.07) is 8.94. The molecule has 2 fully saturated rings. The molecule has 0 bridgehead atoms. The highest BCUT2D eigenvalue weighted by Crippen LogP contribution is 2.24. The predicted octanol–water partition coefficient (Wildman–Crippen LogP) is 2.74. The van der Waals surface area contributed by atoms with Gasteiger partial charge in [0.25, 0.3) is 0 Å². The van der Waals surface area contributed by atoms with E-state index in [9.17, 15) is 14.0 Å². The molecular formula is C22H27FN6O4. The fraction of sp³-hybridized carbons (Fsp3) is 0.455. The quantitative estimate of drug-likeness (QED) is 0.652. The zero-order chi connectivity index (χ0) is 23.4. The maximum absolute atomic E-state index is 13.2. The van der Waals surface area contributed by atoms with Gasteiger partial charge in [-0.3, -0.25) is 9.80 Å². The number of carbonyl (C=O) groups excluding carboxylic acids is 1. The smallest absolute Gasteiger partial charge is 0.416 e. The van der Waals surface area contributed by atoms with Gasteiger partial charge >= 0.3 is 12.2 Å². The Kier molecular flexibility index (Phi) is 6.87. The summed E-state index contributed by atoms with van der Waals surface area (Å²) in [5.74, 6) is 0.626. The second kappa shape index (κ2) is 9.99. The largest absolute Gasteiger partial charge is 0.465 e. The van der Waals surface area contributed by atoms with E-state index in [2.05, 4.69) is 32.3 Å². The Morgan fingerprint density at radius 1 is 1.24 bits per heavy atom. The van der Waals surface area contributed by atoms with Gasteiger partial charge in [-0.15, -0.1) is 0 Å². The minimum Gasteiger partial charge on any atom is -0.465 e. The van der Waals surface area contributed by atoms with Crippen molar-refractivity contribution < 1.29 is 23.8 Å². The minimum atomic E-state index is -0.863. The number of cyclic esters (lactones) is 1. The zero-order valence-electron chi connectivity index (χ0n) is 18.4. The standard InChI is InChI=1S/C22H27FN6O4/c1-15(25-20-24-7-6-19(26-20)29-18(12-23)14-33-22(29)32)17-4-2-16(3-5-17)13-27-8-10-28(11-9-27)21(30)31/h2-7,15,18H,8-14H2,1H3,(H,30,31)(H,24,25,26)/t15-,18?/m0/s1. The Labute approximate surface area is 191 Å². The number of hydrogen-bond acceptors (Lipinski definition) is 7. The molecule has 1 unspecified atom stereocenters. The molecular weight excluding hydrogens is 431 g/mol. The van der Waals surface area contributed by atoms with Crippen molar-refractivity contribution in [2.45, 2.75) is 25.6 Å². The Morgan fingerprint density at radius 2 is 1.97 bits per heavy atom. The third-order valence-electron chi connectivity index (χ3n) is 5.90. The SMILES string of the molecule is C[C@H](Nc1nccc(N2C(=O)OCC2CF)n1)c1ccc(CN2CCN(C(=O)O)CC2)cc1. The van der Waals surface area contributed by atoms with Crippen LogP contribution in [0.3, 0.4) is 0 Å². The Bertz CT molecular complexity index is 983. The maximum atomic E-state index is 13.2. The number of benzene rings is 1. The molecule has 2 aromatic rings. The summed E-state index contributed by atoms with van der Waals surface area (Å²) in [6.45, 7) is 4.51. The molecule has 0 spiro atoms. The number of hydrogen-bond donors (Lipinski definition) is 2. The number of piperazine rings is 1. The van der Waals surface area contributed by atoms with Gasteiger partial charge in [-0.2, -0.15) is 4.98 Å². The normalized spacial score (nSPS) is 19.9. The number of ether oxygens (including phenoxy) is 1. The number of nitrogens with zero attached hydrogens (tertiary/aromatic N) is 5. The third kappa shape index (κ3) is 5.30. The first-order valence-electron chi connectivity index (χ1n) is 10.8. The van der Waals surface area contributed by atoms with Crippen LogP contribution in [0.4, 0.5) is 25.7 Å². The summed E-state index contributed by atoms with van der Waals surface area (Å²) >= 11 is 0. The molecule has 10 nitrogen and oxygen atoms in total. The summed E-state index contributed by atoms with van der Waals surface area (Å²) in [4.78, 5) is 36.5. The number of halogens is 1. The van der Waals surface area contributed by atoms with E-state index < -0.39 is 24.9 Å². The minimum absolute atomic E-state index is 0.0000925. The molecule has 2 atom stereocenters. The van der Waals surface area contributed by atoms with Crippen molar-refractivity contribution in [3.05, 3.63) is 47.7 Å². The van der Waals surface area contributed by atoms with Gasteiger partial charge in [-0.05, 0) is 24.1 Å². The molecule has 176 valence electrons. The van der Waals surface area contributed by atoms with Gasteiger partial charge in [0, 0.05) is 38.9 Å². The summed E-state index contributed by atoms with van der Waals surface area (Å²) in [5.41, 5.74) is 2.18. The van der Waals surface area contributed by atoms with Gasteiger partial charge in [0.2, 0.25) is 5.95 Å². The maximum Gasteiger partial charge on any atom is 0.416 e. The molecule has 1 aromatic carbocycles. The van der Waals surface area contributed by atoms with E-state index in [-0.39, 0.29) is 12.6 Å². The molecule has 1 aromatic heterocycles. The Balaban J connectivity index is 1.35. The first-order chi connectivity index (χ1) is 15.9. The van der Waals surface area contributed by atoms with Gasteiger partial charge in [-0.1, -0.05) is 24.3 Å². The van der Waals surface area contributed by atoms with Gasteiger partial charge in [0.1, 0.15) is 25.1 Å². The number of carbonyl (C=O) groups is 2. The van der Waals surface area contributed by atoms with Crippen LogP contribution in [0.5, 0.6) is 0 Å². The number of aromatic nitrogens is 2. The van der Waals surface area contributed by atoms with Crippen LogP contribution in [-0.2, 0) is 11.3 Å². The molecule has 2 aliphatic heterocycles. The van der Waals surface area contributed by atoms with Crippen LogP contribution in [0.1, 0.15) is 24.1 Å². The number of rotatable bonds is 7. The molecule has 0 radical (unpaired) electrons. The molecule has 11 heteroatoms. The van der Waals surface area contributed by atoms with Gasteiger partial charge < -0.3 is 20.1 Å². The van der Waals surface area contributed by atoms with Crippen LogP contribution in [0.15, 0.2) is 36.5 Å². The number of amides is 2. The molecule has 0 aliphatic carbocycles. The summed E-state index contributed by atoms with van der Waals surface area (Å²) in [7, 11) is 0. The Hall–Kier alpha value is -3.47. The topological polar surface area (TPSA) is 111 Å². The van der Waals surface area contributed by atoms with E-state index in [1.807, 2.05) is 19.1 Å². The van der Waals surface area contributed by atoms with Gasteiger partial charge in [0.05, 0.1) is 6.04 Å². The van der Waals surface area contributed by atoms with Crippen molar-refractivity contribution in [2.24, 2.45) is 0 Å². The van der Waals surface area contributed by atoms with Crippen molar-refractivity contribution in [3.8, 4) is 0 Å². The van der Waals surface area contributed by atoms with Gasteiger partial charge in [-0.25, -0.2) is 19.0 Å². The monoisotopic (exact) mass is 458 g/mol. The van der Waals surface area contributed by atoms with E-state index >= 15 is 0 Å². The van der Waals surface area contributed by atoms with Crippen LogP contribution in [-0.4, -0.2) is 82.6 Å². The lowest BCUT2D eigenvalue weighted by Gasteiger charge is -2.33. The van der Waals surface area contributed by atoms with E-state index in [0.717, 1.165) is 17.7 Å². The molecule has 0 saturated carbocycles. The first-order valence-corrected chi connectivity index (χ1v) is 10.8. The highest BCUT2D eigenvalue weighted by atomic mass is 19.1. The van der Waals surface area contributed by atoms with Gasteiger partial charge in [0.15, 0.2) is 0 Å². The average molecular weight is 458 g/mol.